The number of hydrogen-bond acceptors (Lipinski definition) is 4. The van der Waals surface area contributed by atoms with Crippen molar-refractivity contribution in [2.75, 3.05) is 19.0 Å². The number of rotatable bonds is 6. The minimum Gasteiger partial charge on any atom is -0.496 e. The van der Waals surface area contributed by atoms with E-state index in [0.29, 0.717) is 35.3 Å². The molecule has 0 aliphatic heterocycles. The van der Waals surface area contributed by atoms with Crippen molar-refractivity contribution in [3.63, 3.8) is 0 Å². The van der Waals surface area contributed by atoms with E-state index in [-0.39, 0.29) is 11.0 Å². The van der Waals surface area contributed by atoms with Crippen molar-refractivity contribution >= 4 is 44.9 Å². The second-order valence-electron chi connectivity index (χ2n) is 5.95. The number of carbonyl (C=O) groups excluding carboxylic acids is 1. The number of thiocarbonyl (C=S) groups is 1. The first-order chi connectivity index (χ1) is 12.4. The van der Waals surface area contributed by atoms with Gasteiger partial charge in [-0.2, -0.15) is 0 Å². The Morgan fingerprint density at radius 2 is 1.92 bits per heavy atom. The van der Waals surface area contributed by atoms with Gasteiger partial charge in [-0.3, -0.25) is 10.1 Å². The third-order valence-electron chi connectivity index (χ3n) is 3.34. The van der Waals surface area contributed by atoms with Gasteiger partial charge in [0, 0.05) is 4.47 Å². The maximum atomic E-state index is 12.5. The molecule has 0 saturated carbocycles. The fourth-order valence-electron chi connectivity index (χ4n) is 2.13. The van der Waals surface area contributed by atoms with Crippen LogP contribution in [0, 0.1) is 5.92 Å². The SMILES string of the molecule is COc1ccc(Br)cc1C(=O)NC(=S)Nc1ccccc1OCC(C)C. The van der Waals surface area contributed by atoms with Gasteiger partial charge in [0.05, 0.1) is 25.0 Å². The fraction of sp³-hybridized carbons (Fsp3) is 0.263. The van der Waals surface area contributed by atoms with Crippen molar-refractivity contribution in [1.29, 1.82) is 0 Å². The summed E-state index contributed by atoms with van der Waals surface area (Å²) in [5.74, 6) is 1.19. The van der Waals surface area contributed by atoms with Crippen molar-refractivity contribution in [2.45, 2.75) is 13.8 Å². The van der Waals surface area contributed by atoms with E-state index >= 15 is 0 Å². The van der Waals surface area contributed by atoms with Crippen LogP contribution in [0.2, 0.25) is 0 Å². The zero-order chi connectivity index (χ0) is 19.1. The van der Waals surface area contributed by atoms with Gasteiger partial charge in [-0.05, 0) is 48.5 Å². The van der Waals surface area contributed by atoms with E-state index in [1.807, 2.05) is 24.3 Å². The first-order valence-corrected chi connectivity index (χ1v) is 9.28. The normalized spacial score (nSPS) is 10.3. The number of methoxy groups -OCH3 is 1. The third kappa shape index (κ3) is 5.71. The largest absolute Gasteiger partial charge is 0.496 e. The Labute approximate surface area is 167 Å². The summed E-state index contributed by atoms with van der Waals surface area (Å²) in [4.78, 5) is 12.5. The van der Waals surface area contributed by atoms with Gasteiger partial charge in [0.15, 0.2) is 5.11 Å². The molecule has 0 bridgehead atoms. The van der Waals surface area contributed by atoms with Crippen LogP contribution < -0.4 is 20.1 Å². The summed E-state index contributed by atoms with van der Waals surface area (Å²) in [6, 6.07) is 12.6. The molecule has 2 rings (SSSR count). The van der Waals surface area contributed by atoms with Crippen molar-refractivity contribution in [2.24, 2.45) is 5.92 Å². The molecule has 2 N–H and O–H groups in total. The van der Waals surface area contributed by atoms with Gasteiger partial charge in [0.25, 0.3) is 5.91 Å². The monoisotopic (exact) mass is 436 g/mol. The second kappa shape index (κ2) is 9.54. The van der Waals surface area contributed by atoms with Crippen LogP contribution in [0.3, 0.4) is 0 Å². The number of anilines is 1. The molecule has 2 aromatic rings. The molecule has 0 radical (unpaired) electrons. The Bertz CT molecular complexity index is 796. The Morgan fingerprint density at radius 1 is 1.19 bits per heavy atom. The average molecular weight is 437 g/mol. The summed E-state index contributed by atoms with van der Waals surface area (Å²) in [5, 5.41) is 5.85. The van der Waals surface area contributed by atoms with E-state index in [1.54, 1.807) is 18.2 Å². The Balaban J connectivity index is 2.07. The molecular formula is C19H21BrN2O3S. The van der Waals surface area contributed by atoms with Crippen LogP contribution in [0.25, 0.3) is 0 Å². The summed E-state index contributed by atoms with van der Waals surface area (Å²) >= 11 is 8.62. The predicted octanol–water partition coefficient (Wildman–Crippen LogP) is 4.62. The predicted molar refractivity (Wildman–Crippen MR) is 111 cm³/mol. The van der Waals surface area contributed by atoms with Crippen LogP contribution in [0.5, 0.6) is 11.5 Å². The quantitative estimate of drug-likeness (QED) is 0.646. The van der Waals surface area contributed by atoms with Crippen LogP contribution in [-0.2, 0) is 0 Å². The van der Waals surface area contributed by atoms with Crippen molar-refractivity contribution in [3.05, 3.63) is 52.5 Å². The maximum absolute atomic E-state index is 12.5. The van der Waals surface area contributed by atoms with Gasteiger partial charge in [-0.25, -0.2) is 0 Å². The van der Waals surface area contributed by atoms with Gasteiger partial charge in [0.2, 0.25) is 0 Å². The molecule has 0 heterocycles. The molecule has 0 fully saturated rings. The Morgan fingerprint density at radius 3 is 2.62 bits per heavy atom. The highest BCUT2D eigenvalue weighted by Crippen LogP contribution is 2.25. The highest BCUT2D eigenvalue weighted by Gasteiger charge is 2.15. The molecule has 1 amide bonds. The number of amides is 1. The lowest BCUT2D eigenvalue weighted by Crippen LogP contribution is -2.34. The maximum Gasteiger partial charge on any atom is 0.261 e. The minimum atomic E-state index is -0.360. The Kier molecular flexibility index (Phi) is 7.41. The summed E-state index contributed by atoms with van der Waals surface area (Å²) in [7, 11) is 1.51. The number of halogens is 1. The van der Waals surface area contributed by atoms with Crippen molar-refractivity contribution in [1.82, 2.24) is 5.32 Å². The number of para-hydroxylation sites is 2. The lowest BCUT2D eigenvalue weighted by Gasteiger charge is -2.16. The number of ether oxygens (including phenoxy) is 2. The van der Waals surface area contributed by atoms with E-state index < -0.39 is 0 Å². The van der Waals surface area contributed by atoms with E-state index in [4.69, 9.17) is 21.7 Å². The molecule has 138 valence electrons. The smallest absolute Gasteiger partial charge is 0.261 e. The number of carbonyl (C=O) groups is 1. The van der Waals surface area contributed by atoms with E-state index in [0.717, 1.165) is 4.47 Å². The van der Waals surface area contributed by atoms with Crippen LogP contribution in [0.4, 0.5) is 5.69 Å². The fourth-order valence-corrected chi connectivity index (χ4v) is 2.70. The van der Waals surface area contributed by atoms with Crippen LogP contribution in [0.15, 0.2) is 46.9 Å². The summed E-state index contributed by atoms with van der Waals surface area (Å²) in [6.07, 6.45) is 0. The van der Waals surface area contributed by atoms with E-state index in [1.165, 1.54) is 7.11 Å². The zero-order valence-corrected chi connectivity index (χ0v) is 17.2. The average Bonchev–Trinajstić information content (AvgIpc) is 2.60. The first kappa shape index (κ1) is 20.2. The van der Waals surface area contributed by atoms with Gasteiger partial charge >= 0.3 is 0 Å². The van der Waals surface area contributed by atoms with Gasteiger partial charge in [0.1, 0.15) is 11.5 Å². The van der Waals surface area contributed by atoms with Crippen molar-refractivity contribution in [3.8, 4) is 11.5 Å². The first-order valence-electron chi connectivity index (χ1n) is 8.08. The molecule has 0 atom stereocenters. The van der Waals surface area contributed by atoms with Crippen LogP contribution in [0.1, 0.15) is 24.2 Å². The van der Waals surface area contributed by atoms with Gasteiger partial charge in [-0.1, -0.05) is 41.9 Å². The van der Waals surface area contributed by atoms with E-state index in [2.05, 4.69) is 40.4 Å². The van der Waals surface area contributed by atoms with Gasteiger partial charge < -0.3 is 14.8 Å². The van der Waals surface area contributed by atoms with E-state index in [9.17, 15) is 4.79 Å². The topological polar surface area (TPSA) is 59.6 Å². The molecule has 0 aromatic heterocycles. The zero-order valence-electron chi connectivity index (χ0n) is 14.8. The standard InChI is InChI=1S/C19H21BrN2O3S/c1-12(2)11-25-17-7-5-4-6-15(17)21-19(26)22-18(23)14-10-13(20)8-9-16(14)24-3/h4-10,12H,11H2,1-3H3,(H2,21,22,23,26). The molecule has 0 aliphatic carbocycles. The number of benzene rings is 2. The number of nitrogens with one attached hydrogen (secondary N) is 2. The lowest BCUT2D eigenvalue weighted by molar-refractivity contribution is 0.0974. The molecule has 2 aromatic carbocycles. The highest BCUT2D eigenvalue weighted by atomic mass is 79.9. The lowest BCUT2D eigenvalue weighted by atomic mass is 10.2. The minimum absolute atomic E-state index is 0.178. The highest BCUT2D eigenvalue weighted by molar-refractivity contribution is 9.10. The molecule has 0 aliphatic rings. The summed E-state index contributed by atoms with van der Waals surface area (Å²) in [5.41, 5.74) is 1.08. The van der Waals surface area contributed by atoms with Crippen LogP contribution in [-0.4, -0.2) is 24.7 Å². The molecule has 0 saturated heterocycles. The Hall–Kier alpha value is -2.12. The summed E-state index contributed by atoms with van der Waals surface area (Å²) in [6.45, 7) is 4.74. The molecule has 26 heavy (non-hydrogen) atoms. The second-order valence-corrected chi connectivity index (χ2v) is 7.28. The van der Waals surface area contributed by atoms with Gasteiger partial charge in [-0.15, -0.1) is 0 Å². The molecular weight excluding hydrogens is 416 g/mol. The van der Waals surface area contributed by atoms with Crippen LogP contribution >= 0.6 is 28.1 Å². The molecule has 0 spiro atoms. The molecule has 5 nitrogen and oxygen atoms in total. The molecule has 7 heteroatoms. The van der Waals surface area contributed by atoms with Crippen molar-refractivity contribution < 1.29 is 14.3 Å². The third-order valence-corrected chi connectivity index (χ3v) is 4.04. The number of hydrogen-bond donors (Lipinski definition) is 2. The molecule has 0 unspecified atom stereocenters. The summed E-state index contributed by atoms with van der Waals surface area (Å²) < 4.78 is 11.8.